The molecule has 0 aliphatic heterocycles. The van der Waals surface area contributed by atoms with Crippen molar-refractivity contribution in [3.8, 4) is 0 Å². The summed E-state index contributed by atoms with van der Waals surface area (Å²) in [6.45, 7) is 4.70. The Bertz CT molecular complexity index is 617. The average molecular weight is 309 g/mol. The molecule has 1 aromatic heterocycles. The summed E-state index contributed by atoms with van der Waals surface area (Å²) >= 11 is 7.66. The van der Waals surface area contributed by atoms with Gasteiger partial charge in [0.15, 0.2) is 0 Å². The Morgan fingerprint density at radius 2 is 2.05 bits per heavy atom. The number of thiophene rings is 1. The number of carbonyl (C=O) groups excluding carboxylic acids is 1. The second-order valence-corrected chi connectivity index (χ2v) is 6.35. The summed E-state index contributed by atoms with van der Waals surface area (Å²) < 4.78 is 0. The molecule has 0 aliphatic rings. The van der Waals surface area contributed by atoms with E-state index in [9.17, 15) is 4.79 Å². The molecule has 0 spiro atoms. The highest BCUT2D eigenvalue weighted by atomic mass is 35.5. The van der Waals surface area contributed by atoms with Gasteiger partial charge in [0.2, 0.25) is 0 Å². The van der Waals surface area contributed by atoms with Crippen molar-refractivity contribution in [3.63, 3.8) is 0 Å². The first-order valence-corrected chi connectivity index (χ1v) is 7.52. The lowest BCUT2D eigenvalue weighted by Gasteiger charge is -2.09. The van der Waals surface area contributed by atoms with Gasteiger partial charge in [-0.25, -0.2) is 0 Å². The highest BCUT2D eigenvalue weighted by Crippen LogP contribution is 2.22. The number of hydrogen-bond acceptors (Lipinski definition) is 3. The zero-order valence-corrected chi connectivity index (χ0v) is 13.3. The molecule has 2 aromatic rings. The SMILES string of the molecule is CNc1ccc(Cl)cc1C(=O)NCc1cc(C)c(C)s1. The molecular weight excluding hydrogens is 292 g/mol. The summed E-state index contributed by atoms with van der Waals surface area (Å²) in [5.74, 6) is -0.124. The minimum atomic E-state index is -0.124. The van der Waals surface area contributed by atoms with Gasteiger partial charge in [0.25, 0.3) is 5.91 Å². The van der Waals surface area contributed by atoms with Gasteiger partial charge in [0.05, 0.1) is 12.1 Å². The Morgan fingerprint density at radius 1 is 1.30 bits per heavy atom. The average Bonchev–Trinajstić information content (AvgIpc) is 2.75. The second-order valence-electron chi connectivity index (χ2n) is 4.57. The molecule has 2 N–H and O–H groups in total. The van der Waals surface area contributed by atoms with Crippen LogP contribution >= 0.6 is 22.9 Å². The van der Waals surface area contributed by atoms with E-state index in [2.05, 4.69) is 30.5 Å². The van der Waals surface area contributed by atoms with Crippen LogP contribution < -0.4 is 10.6 Å². The Kier molecular flexibility index (Phi) is 4.68. The summed E-state index contributed by atoms with van der Waals surface area (Å²) in [5, 5.41) is 6.48. The van der Waals surface area contributed by atoms with Crippen molar-refractivity contribution in [3.05, 3.63) is 50.2 Å². The van der Waals surface area contributed by atoms with Gasteiger partial charge in [-0.3, -0.25) is 4.79 Å². The molecule has 3 nitrogen and oxygen atoms in total. The number of carbonyl (C=O) groups is 1. The Labute approximate surface area is 128 Å². The Balaban J connectivity index is 2.10. The monoisotopic (exact) mass is 308 g/mol. The lowest BCUT2D eigenvalue weighted by atomic mass is 10.1. The Hall–Kier alpha value is -1.52. The van der Waals surface area contributed by atoms with E-state index in [1.165, 1.54) is 10.4 Å². The van der Waals surface area contributed by atoms with Crippen LogP contribution in [-0.2, 0) is 6.54 Å². The van der Waals surface area contributed by atoms with Crippen LogP contribution in [0.1, 0.15) is 25.7 Å². The number of aryl methyl sites for hydroxylation is 2. The van der Waals surface area contributed by atoms with E-state index in [1.807, 2.05) is 0 Å². The summed E-state index contributed by atoms with van der Waals surface area (Å²) in [6.07, 6.45) is 0. The molecule has 0 radical (unpaired) electrons. The number of halogens is 1. The van der Waals surface area contributed by atoms with Gasteiger partial charge in [0.1, 0.15) is 0 Å². The fraction of sp³-hybridized carbons (Fsp3) is 0.267. The summed E-state index contributed by atoms with van der Waals surface area (Å²) in [6, 6.07) is 7.34. The molecule has 1 amide bonds. The molecular formula is C15H17ClN2OS. The van der Waals surface area contributed by atoms with Gasteiger partial charge in [-0.05, 0) is 43.7 Å². The maximum Gasteiger partial charge on any atom is 0.253 e. The number of benzene rings is 1. The van der Waals surface area contributed by atoms with Crippen molar-refractivity contribution in [1.82, 2.24) is 5.32 Å². The zero-order chi connectivity index (χ0) is 14.7. The number of hydrogen-bond donors (Lipinski definition) is 2. The van der Waals surface area contributed by atoms with Crippen LogP contribution in [-0.4, -0.2) is 13.0 Å². The van der Waals surface area contributed by atoms with Gasteiger partial charge in [0, 0.05) is 27.5 Å². The maximum absolute atomic E-state index is 12.2. The molecule has 20 heavy (non-hydrogen) atoms. The fourth-order valence-electron chi connectivity index (χ4n) is 1.92. The molecule has 0 saturated heterocycles. The smallest absolute Gasteiger partial charge is 0.253 e. The number of nitrogens with one attached hydrogen (secondary N) is 2. The van der Waals surface area contributed by atoms with Gasteiger partial charge in [-0.15, -0.1) is 11.3 Å². The third kappa shape index (κ3) is 3.32. The lowest BCUT2D eigenvalue weighted by molar-refractivity contribution is 0.0952. The number of anilines is 1. The largest absolute Gasteiger partial charge is 0.387 e. The molecule has 0 unspecified atom stereocenters. The van der Waals surface area contributed by atoms with Crippen molar-refractivity contribution in [2.45, 2.75) is 20.4 Å². The van der Waals surface area contributed by atoms with Crippen LogP contribution in [0.2, 0.25) is 5.02 Å². The molecule has 1 aromatic carbocycles. The Morgan fingerprint density at radius 3 is 2.65 bits per heavy atom. The molecule has 1 heterocycles. The van der Waals surface area contributed by atoms with Gasteiger partial charge < -0.3 is 10.6 Å². The second kappa shape index (κ2) is 6.29. The number of rotatable bonds is 4. The summed E-state index contributed by atoms with van der Waals surface area (Å²) in [5.41, 5.74) is 2.59. The van der Waals surface area contributed by atoms with Gasteiger partial charge in [-0.2, -0.15) is 0 Å². The van der Waals surface area contributed by atoms with Gasteiger partial charge in [-0.1, -0.05) is 11.6 Å². The van der Waals surface area contributed by atoms with Crippen molar-refractivity contribution < 1.29 is 4.79 Å². The van der Waals surface area contributed by atoms with E-state index in [0.717, 1.165) is 10.6 Å². The topological polar surface area (TPSA) is 41.1 Å². The van der Waals surface area contributed by atoms with E-state index in [0.29, 0.717) is 17.1 Å². The molecule has 2 rings (SSSR count). The third-order valence-electron chi connectivity index (χ3n) is 3.14. The fourth-order valence-corrected chi connectivity index (χ4v) is 3.09. The highest BCUT2D eigenvalue weighted by molar-refractivity contribution is 7.12. The molecule has 106 valence electrons. The van der Waals surface area contributed by atoms with E-state index < -0.39 is 0 Å². The van der Waals surface area contributed by atoms with Crippen molar-refractivity contribution in [2.75, 3.05) is 12.4 Å². The maximum atomic E-state index is 12.2. The van der Waals surface area contributed by atoms with Crippen molar-refractivity contribution in [2.24, 2.45) is 0 Å². The van der Waals surface area contributed by atoms with E-state index in [1.54, 1.807) is 36.6 Å². The van der Waals surface area contributed by atoms with E-state index in [-0.39, 0.29) is 5.91 Å². The molecule has 0 aliphatic carbocycles. The number of amides is 1. The van der Waals surface area contributed by atoms with Crippen LogP contribution in [0.3, 0.4) is 0 Å². The van der Waals surface area contributed by atoms with E-state index >= 15 is 0 Å². The predicted octanol–water partition coefficient (Wildman–Crippen LogP) is 3.99. The molecule has 0 atom stereocenters. The van der Waals surface area contributed by atoms with Crippen LogP contribution in [0.4, 0.5) is 5.69 Å². The summed E-state index contributed by atoms with van der Waals surface area (Å²) in [4.78, 5) is 14.7. The molecule has 0 saturated carbocycles. The van der Waals surface area contributed by atoms with Crippen LogP contribution in [0.5, 0.6) is 0 Å². The first kappa shape index (κ1) is 14.9. The quantitative estimate of drug-likeness (QED) is 0.896. The highest BCUT2D eigenvalue weighted by Gasteiger charge is 2.12. The third-order valence-corrected chi connectivity index (χ3v) is 4.52. The first-order chi connectivity index (χ1) is 9.51. The van der Waals surface area contributed by atoms with Crippen molar-refractivity contribution >= 4 is 34.5 Å². The predicted molar refractivity (Wildman–Crippen MR) is 86.0 cm³/mol. The zero-order valence-electron chi connectivity index (χ0n) is 11.7. The standard InChI is InChI=1S/C15H17ClN2OS/c1-9-6-12(20-10(9)2)8-18-15(19)13-7-11(16)4-5-14(13)17-3/h4-7,17H,8H2,1-3H3,(H,18,19). The van der Waals surface area contributed by atoms with Gasteiger partial charge >= 0.3 is 0 Å². The molecule has 0 fully saturated rings. The van der Waals surface area contributed by atoms with E-state index in [4.69, 9.17) is 11.6 Å². The van der Waals surface area contributed by atoms with Crippen LogP contribution in [0.15, 0.2) is 24.3 Å². The minimum Gasteiger partial charge on any atom is -0.387 e. The van der Waals surface area contributed by atoms with Crippen LogP contribution in [0, 0.1) is 13.8 Å². The lowest BCUT2D eigenvalue weighted by Crippen LogP contribution is -2.23. The normalized spacial score (nSPS) is 10.4. The minimum absolute atomic E-state index is 0.124. The molecule has 5 heteroatoms. The first-order valence-electron chi connectivity index (χ1n) is 6.32. The molecule has 0 bridgehead atoms. The van der Waals surface area contributed by atoms with Crippen LogP contribution in [0.25, 0.3) is 0 Å². The van der Waals surface area contributed by atoms with Crippen molar-refractivity contribution in [1.29, 1.82) is 0 Å². The summed E-state index contributed by atoms with van der Waals surface area (Å²) in [7, 11) is 1.78.